The molecule has 7 heteroatoms. The van der Waals surface area contributed by atoms with Crippen molar-refractivity contribution in [3.05, 3.63) is 36.3 Å². The molecule has 26 heavy (non-hydrogen) atoms. The third-order valence-corrected chi connectivity index (χ3v) is 5.29. The maximum Gasteiger partial charge on any atom is 0.410 e. The van der Waals surface area contributed by atoms with Crippen molar-refractivity contribution in [1.29, 1.82) is 0 Å². The van der Waals surface area contributed by atoms with E-state index in [0.717, 1.165) is 23.7 Å². The molecule has 6 nitrogen and oxygen atoms in total. The summed E-state index contributed by atoms with van der Waals surface area (Å²) in [5.74, 6) is 0. The molecule has 2 aromatic rings. The molecule has 0 aromatic carbocycles. The maximum atomic E-state index is 12.5. The SMILES string of the molecule is CC(C)(C)OC(=O)N1CCC(SC(=O)c2ccc3cnccc3n2)CC1. The molecule has 0 atom stereocenters. The molecule has 0 aliphatic carbocycles. The lowest BCUT2D eigenvalue weighted by atomic mass is 10.1. The third-order valence-electron chi connectivity index (χ3n) is 4.07. The fourth-order valence-electron chi connectivity index (χ4n) is 2.77. The summed E-state index contributed by atoms with van der Waals surface area (Å²) >= 11 is 1.31. The van der Waals surface area contributed by atoms with E-state index in [2.05, 4.69) is 9.97 Å². The molecule has 0 radical (unpaired) electrons. The van der Waals surface area contributed by atoms with Gasteiger partial charge in [-0.05, 0) is 51.8 Å². The highest BCUT2D eigenvalue weighted by Crippen LogP contribution is 2.27. The Kier molecular flexibility index (Phi) is 5.46. The van der Waals surface area contributed by atoms with Gasteiger partial charge in [0, 0.05) is 36.1 Å². The van der Waals surface area contributed by atoms with Gasteiger partial charge in [-0.2, -0.15) is 0 Å². The molecule has 0 bridgehead atoms. The number of hydrogen-bond donors (Lipinski definition) is 0. The number of piperidine rings is 1. The lowest BCUT2D eigenvalue weighted by Crippen LogP contribution is -2.42. The predicted molar refractivity (Wildman–Crippen MR) is 102 cm³/mol. The van der Waals surface area contributed by atoms with E-state index in [0.29, 0.717) is 18.8 Å². The van der Waals surface area contributed by atoms with Crippen LogP contribution in [0.5, 0.6) is 0 Å². The van der Waals surface area contributed by atoms with E-state index in [1.54, 1.807) is 29.4 Å². The first kappa shape index (κ1) is 18.6. The molecule has 0 saturated carbocycles. The monoisotopic (exact) mass is 373 g/mol. The molecule has 1 fully saturated rings. The molecule has 1 amide bonds. The Morgan fingerprint density at radius 2 is 1.92 bits per heavy atom. The quantitative estimate of drug-likeness (QED) is 0.795. The number of fused-ring (bicyclic) bond motifs is 1. The van der Waals surface area contributed by atoms with E-state index < -0.39 is 5.60 Å². The zero-order valence-electron chi connectivity index (χ0n) is 15.3. The molecule has 2 aromatic heterocycles. The average Bonchev–Trinajstić information content (AvgIpc) is 2.60. The third kappa shape index (κ3) is 4.72. The van der Waals surface area contributed by atoms with Crippen LogP contribution in [0.3, 0.4) is 0 Å². The van der Waals surface area contributed by atoms with E-state index in [1.807, 2.05) is 26.8 Å². The predicted octanol–water partition coefficient (Wildman–Crippen LogP) is 3.90. The fourth-order valence-corrected chi connectivity index (χ4v) is 3.76. The molecule has 1 aliphatic heterocycles. The highest BCUT2D eigenvalue weighted by Gasteiger charge is 2.28. The molecule has 138 valence electrons. The second-order valence-corrected chi connectivity index (χ2v) is 8.61. The molecule has 3 rings (SSSR count). The Hall–Kier alpha value is -2.15. The first-order chi connectivity index (χ1) is 12.3. The van der Waals surface area contributed by atoms with Gasteiger partial charge < -0.3 is 9.64 Å². The van der Waals surface area contributed by atoms with Crippen molar-refractivity contribution in [3.8, 4) is 0 Å². The summed E-state index contributed by atoms with van der Waals surface area (Å²) in [5, 5.41) is 1.08. The normalized spacial score (nSPS) is 15.9. The second-order valence-electron chi connectivity index (χ2n) is 7.34. The van der Waals surface area contributed by atoms with E-state index >= 15 is 0 Å². The van der Waals surface area contributed by atoms with Crippen molar-refractivity contribution < 1.29 is 14.3 Å². The summed E-state index contributed by atoms with van der Waals surface area (Å²) in [6.45, 7) is 6.80. The fraction of sp³-hybridized carbons (Fsp3) is 0.474. The van der Waals surface area contributed by atoms with Gasteiger partial charge >= 0.3 is 6.09 Å². The number of hydrogen-bond acceptors (Lipinski definition) is 6. The van der Waals surface area contributed by atoms with Crippen LogP contribution in [0.4, 0.5) is 4.79 Å². The van der Waals surface area contributed by atoms with Crippen molar-refractivity contribution >= 4 is 33.9 Å². The van der Waals surface area contributed by atoms with Crippen molar-refractivity contribution in [2.24, 2.45) is 0 Å². The smallest absolute Gasteiger partial charge is 0.410 e. The molecule has 1 saturated heterocycles. The largest absolute Gasteiger partial charge is 0.444 e. The van der Waals surface area contributed by atoms with Gasteiger partial charge in [-0.25, -0.2) is 9.78 Å². The first-order valence-electron chi connectivity index (χ1n) is 8.71. The zero-order chi connectivity index (χ0) is 18.7. The summed E-state index contributed by atoms with van der Waals surface area (Å²) in [6, 6.07) is 5.42. The van der Waals surface area contributed by atoms with Gasteiger partial charge in [-0.15, -0.1) is 0 Å². The van der Waals surface area contributed by atoms with Gasteiger partial charge in [0.1, 0.15) is 11.3 Å². The zero-order valence-corrected chi connectivity index (χ0v) is 16.1. The topological polar surface area (TPSA) is 72.4 Å². The minimum absolute atomic E-state index is 0.0283. The standard InChI is InChI=1S/C19H23N3O3S/c1-19(2,3)25-18(24)22-10-7-14(8-11-22)26-17(23)16-5-4-13-12-20-9-6-15(13)21-16/h4-6,9,12,14H,7-8,10-11H2,1-3H3. The van der Waals surface area contributed by atoms with Gasteiger partial charge in [0.15, 0.2) is 0 Å². The lowest BCUT2D eigenvalue weighted by Gasteiger charge is -2.32. The van der Waals surface area contributed by atoms with E-state index in [9.17, 15) is 9.59 Å². The van der Waals surface area contributed by atoms with Crippen LogP contribution >= 0.6 is 11.8 Å². The molecule has 3 heterocycles. The number of thioether (sulfide) groups is 1. The maximum absolute atomic E-state index is 12.5. The number of pyridine rings is 2. The van der Waals surface area contributed by atoms with Gasteiger partial charge in [-0.3, -0.25) is 9.78 Å². The van der Waals surface area contributed by atoms with Gasteiger partial charge in [0.2, 0.25) is 5.12 Å². The number of aromatic nitrogens is 2. The van der Waals surface area contributed by atoms with Gasteiger partial charge in [0.05, 0.1) is 5.52 Å². The first-order valence-corrected chi connectivity index (χ1v) is 9.59. The van der Waals surface area contributed by atoms with E-state index in [1.165, 1.54) is 11.8 Å². The second kappa shape index (κ2) is 7.61. The van der Waals surface area contributed by atoms with Crippen LogP contribution in [0.2, 0.25) is 0 Å². The number of rotatable bonds is 2. The summed E-state index contributed by atoms with van der Waals surface area (Å²) in [5.41, 5.74) is 0.741. The van der Waals surface area contributed by atoms with Crippen molar-refractivity contribution in [3.63, 3.8) is 0 Å². The van der Waals surface area contributed by atoms with Gasteiger partial charge in [-0.1, -0.05) is 11.8 Å². The Labute approximate surface area is 157 Å². The number of nitrogens with zero attached hydrogens (tertiary/aromatic N) is 3. The van der Waals surface area contributed by atoms with Crippen LogP contribution in [0, 0.1) is 0 Å². The Morgan fingerprint density at radius 1 is 1.19 bits per heavy atom. The molecule has 0 unspecified atom stereocenters. The number of likely N-dealkylation sites (tertiary alicyclic amines) is 1. The number of carbonyl (C=O) groups excluding carboxylic acids is 2. The Morgan fingerprint density at radius 3 is 2.62 bits per heavy atom. The molecular weight excluding hydrogens is 350 g/mol. The minimum Gasteiger partial charge on any atom is -0.444 e. The van der Waals surface area contributed by atoms with Crippen molar-refractivity contribution in [1.82, 2.24) is 14.9 Å². The summed E-state index contributed by atoms with van der Waals surface area (Å²) < 4.78 is 5.40. The van der Waals surface area contributed by atoms with Crippen molar-refractivity contribution in [2.45, 2.75) is 44.5 Å². The van der Waals surface area contributed by atoms with Crippen LogP contribution in [0.25, 0.3) is 10.9 Å². The highest BCUT2D eigenvalue weighted by atomic mass is 32.2. The highest BCUT2D eigenvalue weighted by molar-refractivity contribution is 8.14. The van der Waals surface area contributed by atoms with Crippen LogP contribution in [0.1, 0.15) is 44.1 Å². The average molecular weight is 373 g/mol. The number of ether oxygens (including phenoxy) is 1. The summed E-state index contributed by atoms with van der Waals surface area (Å²) in [6.07, 6.45) is 4.66. The molecule has 0 spiro atoms. The number of amides is 1. The summed E-state index contributed by atoms with van der Waals surface area (Å²) in [7, 11) is 0. The van der Waals surface area contributed by atoms with Gasteiger partial charge in [0.25, 0.3) is 0 Å². The van der Waals surface area contributed by atoms with Crippen LogP contribution in [-0.2, 0) is 4.74 Å². The van der Waals surface area contributed by atoms with E-state index in [-0.39, 0.29) is 16.5 Å². The van der Waals surface area contributed by atoms with E-state index in [4.69, 9.17) is 4.74 Å². The minimum atomic E-state index is -0.490. The molecular formula is C19H23N3O3S. The summed E-state index contributed by atoms with van der Waals surface area (Å²) in [4.78, 5) is 34.8. The Bertz CT molecular complexity index is 811. The Balaban J connectivity index is 1.55. The number of carbonyl (C=O) groups is 2. The van der Waals surface area contributed by atoms with Crippen LogP contribution in [0.15, 0.2) is 30.6 Å². The molecule has 1 aliphatic rings. The van der Waals surface area contributed by atoms with Crippen LogP contribution in [-0.4, -0.2) is 50.0 Å². The van der Waals surface area contributed by atoms with Crippen molar-refractivity contribution in [2.75, 3.05) is 13.1 Å². The molecule has 0 N–H and O–H groups in total. The lowest BCUT2D eigenvalue weighted by molar-refractivity contribution is 0.0219. The van der Waals surface area contributed by atoms with Crippen LogP contribution < -0.4 is 0 Å².